The van der Waals surface area contributed by atoms with Crippen LogP contribution in [-0.2, 0) is 10.0 Å². The van der Waals surface area contributed by atoms with Crippen LogP contribution >= 0.6 is 15.9 Å². The van der Waals surface area contributed by atoms with Gasteiger partial charge in [0.25, 0.3) is 5.69 Å². The Hall–Kier alpha value is -1.19. The first-order valence-electron chi connectivity index (χ1n) is 5.26. The second kappa shape index (κ2) is 6.31. The average molecular weight is 353 g/mol. The van der Waals surface area contributed by atoms with Crippen molar-refractivity contribution < 1.29 is 18.1 Å². The molecule has 0 saturated heterocycles. The van der Waals surface area contributed by atoms with Crippen molar-refractivity contribution >= 4 is 31.6 Å². The minimum Gasteiger partial charge on any atom is -0.492 e. The van der Waals surface area contributed by atoms with Gasteiger partial charge in [-0.3, -0.25) is 10.1 Å². The molecule has 106 valence electrons. The van der Waals surface area contributed by atoms with Gasteiger partial charge in [-0.15, -0.1) is 0 Å². The number of hydrogen-bond acceptors (Lipinski definition) is 5. The lowest BCUT2D eigenvalue weighted by Crippen LogP contribution is -2.25. The third-order valence-corrected chi connectivity index (χ3v) is 3.85. The third kappa shape index (κ3) is 5.53. The number of halogens is 1. The van der Waals surface area contributed by atoms with Crippen LogP contribution in [-0.4, -0.2) is 25.7 Å². The summed E-state index contributed by atoms with van der Waals surface area (Å²) in [5, 5.41) is 15.5. The van der Waals surface area contributed by atoms with Crippen molar-refractivity contribution in [3.63, 3.8) is 0 Å². The van der Waals surface area contributed by atoms with E-state index in [1.165, 1.54) is 18.2 Å². The SMILES string of the molecule is CC(COc1cc([N+](=O)[O-])ccc1Br)CS(N)(=O)=O. The van der Waals surface area contributed by atoms with Crippen LogP contribution in [0.15, 0.2) is 22.7 Å². The molecule has 0 amide bonds. The number of nitrogens with two attached hydrogens (primary N) is 1. The number of rotatable bonds is 6. The number of nitro benzene ring substituents is 1. The van der Waals surface area contributed by atoms with E-state index in [4.69, 9.17) is 9.88 Å². The third-order valence-electron chi connectivity index (χ3n) is 2.17. The number of nitro groups is 1. The van der Waals surface area contributed by atoms with E-state index in [9.17, 15) is 18.5 Å². The van der Waals surface area contributed by atoms with Gasteiger partial charge in [0.05, 0.1) is 27.8 Å². The summed E-state index contributed by atoms with van der Waals surface area (Å²) < 4.78 is 27.7. The Morgan fingerprint density at radius 2 is 2.16 bits per heavy atom. The van der Waals surface area contributed by atoms with Crippen molar-refractivity contribution in [2.45, 2.75) is 6.92 Å². The molecule has 0 fully saturated rings. The van der Waals surface area contributed by atoms with Crippen LogP contribution in [0.2, 0.25) is 0 Å². The van der Waals surface area contributed by atoms with Crippen molar-refractivity contribution in [1.82, 2.24) is 0 Å². The first kappa shape index (κ1) is 15.9. The highest BCUT2D eigenvalue weighted by Crippen LogP contribution is 2.29. The minimum absolute atomic E-state index is 0.0935. The molecule has 0 bridgehead atoms. The van der Waals surface area contributed by atoms with Crippen LogP contribution in [0, 0.1) is 16.0 Å². The molecule has 1 aromatic carbocycles. The lowest BCUT2D eigenvalue weighted by molar-refractivity contribution is -0.385. The summed E-state index contributed by atoms with van der Waals surface area (Å²) in [6.45, 7) is 1.76. The predicted molar refractivity (Wildman–Crippen MR) is 73.4 cm³/mol. The minimum atomic E-state index is -3.56. The number of non-ortho nitro benzene ring substituents is 1. The van der Waals surface area contributed by atoms with E-state index in [0.29, 0.717) is 4.47 Å². The van der Waals surface area contributed by atoms with Gasteiger partial charge in [0.1, 0.15) is 5.75 Å². The van der Waals surface area contributed by atoms with E-state index in [2.05, 4.69) is 15.9 Å². The molecule has 0 spiro atoms. The van der Waals surface area contributed by atoms with Gasteiger partial charge in [-0.2, -0.15) is 0 Å². The van der Waals surface area contributed by atoms with Crippen molar-refractivity contribution in [3.8, 4) is 5.75 Å². The second-order valence-corrected chi connectivity index (χ2v) is 6.63. The summed E-state index contributed by atoms with van der Waals surface area (Å²) in [5.74, 6) is -0.240. The molecule has 0 heterocycles. The van der Waals surface area contributed by atoms with E-state index >= 15 is 0 Å². The zero-order valence-electron chi connectivity index (χ0n) is 10.1. The number of benzene rings is 1. The number of sulfonamides is 1. The normalized spacial score (nSPS) is 13.0. The maximum Gasteiger partial charge on any atom is 0.273 e. The standard InChI is InChI=1S/C10H13BrN2O5S/c1-7(6-19(12,16)17)5-18-10-4-8(13(14)15)2-3-9(10)11/h2-4,7H,5-6H2,1H3,(H2,12,16,17). The first-order valence-corrected chi connectivity index (χ1v) is 7.77. The van der Waals surface area contributed by atoms with Crippen LogP contribution in [0.5, 0.6) is 5.75 Å². The maximum atomic E-state index is 10.9. The van der Waals surface area contributed by atoms with Gasteiger partial charge < -0.3 is 4.74 Å². The molecule has 1 rings (SSSR count). The molecule has 1 aromatic rings. The lowest BCUT2D eigenvalue weighted by Gasteiger charge is -2.12. The fourth-order valence-corrected chi connectivity index (χ4v) is 2.64. The van der Waals surface area contributed by atoms with Gasteiger partial charge in [-0.1, -0.05) is 6.92 Å². The van der Waals surface area contributed by atoms with E-state index in [1.807, 2.05) is 0 Å². The largest absolute Gasteiger partial charge is 0.492 e. The molecule has 1 unspecified atom stereocenters. The monoisotopic (exact) mass is 352 g/mol. The van der Waals surface area contributed by atoms with Crippen LogP contribution in [0.1, 0.15) is 6.92 Å². The molecular weight excluding hydrogens is 340 g/mol. The van der Waals surface area contributed by atoms with Crippen LogP contribution in [0.25, 0.3) is 0 Å². The summed E-state index contributed by atoms with van der Waals surface area (Å²) in [5.41, 5.74) is -0.0997. The Balaban J connectivity index is 2.72. The highest BCUT2D eigenvalue weighted by atomic mass is 79.9. The average Bonchev–Trinajstić information content (AvgIpc) is 2.25. The molecule has 2 N–H and O–H groups in total. The van der Waals surface area contributed by atoms with Crippen LogP contribution < -0.4 is 9.88 Å². The molecule has 7 nitrogen and oxygen atoms in total. The molecule has 19 heavy (non-hydrogen) atoms. The van der Waals surface area contributed by atoms with Crippen molar-refractivity contribution in [2.75, 3.05) is 12.4 Å². The van der Waals surface area contributed by atoms with E-state index in [1.54, 1.807) is 6.92 Å². The van der Waals surface area contributed by atoms with E-state index < -0.39 is 14.9 Å². The van der Waals surface area contributed by atoms with Gasteiger partial charge in [-0.05, 0) is 22.0 Å². The van der Waals surface area contributed by atoms with Gasteiger partial charge in [0, 0.05) is 12.0 Å². The molecule has 0 saturated carbocycles. The highest BCUT2D eigenvalue weighted by Gasteiger charge is 2.14. The Labute approximate surface area is 119 Å². The Bertz CT molecular complexity index is 575. The number of primary sulfonamides is 1. The van der Waals surface area contributed by atoms with E-state index in [-0.39, 0.29) is 29.7 Å². The topological polar surface area (TPSA) is 113 Å². The molecule has 0 aromatic heterocycles. The van der Waals surface area contributed by atoms with Crippen molar-refractivity contribution in [2.24, 2.45) is 11.1 Å². The second-order valence-electron chi connectivity index (χ2n) is 4.12. The summed E-state index contributed by atoms with van der Waals surface area (Å²) in [6, 6.07) is 4.11. The molecule has 9 heteroatoms. The number of nitrogens with zero attached hydrogens (tertiary/aromatic N) is 1. The summed E-state index contributed by atoms with van der Waals surface area (Å²) >= 11 is 3.20. The first-order chi connectivity index (χ1) is 8.69. The van der Waals surface area contributed by atoms with Gasteiger partial charge in [-0.25, -0.2) is 13.6 Å². The summed E-state index contributed by atoms with van der Waals surface area (Å²) in [4.78, 5) is 10.1. The van der Waals surface area contributed by atoms with Gasteiger partial charge in [0.2, 0.25) is 10.0 Å². The van der Waals surface area contributed by atoms with Crippen molar-refractivity contribution in [1.29, 1.82) is 0 Å². The highest BCUT2D eigenvalue weighted by molar-refractivity contribution is 9.10. The molecule has 0 radical (unpaired) electrons. The lowest BCUT2D eigenvalue weighted by atomic mass is 10.2. The molecule has 0 aliphatic rings. The Morgan fingerprint density at radius 1 is 1.53 bits per heavy atom. The van der Waals surface area contributed by atoms with Gasteiger partial charge >= 0.3 is 0 Å². The maximum absolute atomic E-state index is 10.9. The van der Waals surface area contributed by atoms with Crippen molar-refractivity contribution in [3.05, 3.63) is 32.8 Å². The summed E-state index contributed by atoms with van der Waals surface area (Å²) in [6.07, 6.45) is 0. The zero-order valence-corrected chi connectivity index (χ0v) is 12.5. The quantitative estimate of drug-likeness (QED) is 0.617. The smallest absolute Gasteiger partial charge is 0.273 e. The van der Waals surface area contributed by atoms with Crippen LogP contribution in [0.3, 0.4) is 0 Å². The van der Waals surface area contributed by atoms with Crippen LogP contribution in [0.4, 0.5) is 5.69 Å². The predicted octanol–water partition coefficient (Wildman–Crippen LogP) is 1.66. The molecule has 1 atom stereocenters. The molecule has 0 aliphatic carbocycles. The van der Waals surface area contributed by atoms with Gasteiger partial charge in [0.15, 0.2) is 0 Å². The van der Waals surface area contributed by atoms with E-state index in [0.717, 1.165) is 0 Å². The zero-order chi connectivity index (χ0) is 14.6. The Morgan fingerprint density at radius 3 is 2.68 bits per heavy atom. The molecular formula is C10H13BrN2O5S. The number of hydrogen-bond donors (Lipinski definition) is 1. The fraction of sp³-hybridized carbons (Fsp3) is 0.400. The fourth-order valence-electron chi connectivity index (χ4n) is 1.39. The Kier molecular flexibility index (Phi) is 5.27. The molecule has 0 aliphatic heterocycles. The summed E-state index contributed by atoms with van der Waals surface area (Å²) in [7, 11) is -3.56. The number of ether oxygens (including phenoxy) is 1.